The van der Waals surface area contributed by atoms with E-state index in [2.05, 4.69) is 15.5 Å². The number of methoxy groups -OCH3 is 1. The Hall–Kier alpha value is -2.57. The first-order chi connectivity index (χ1) is 9.92. The van der Waals surface area contributed by atoms with Crippen molar-refractivity contribution in [2.75, 3.05) is 12.4 Å². The van der Waals surface area contributed by atoms with E-state index >= 15 is 0 Å². The Labute approximate surface area is 123 Å². The van der Waals surface area contributed by atoms with Crippen molar-refractivity contribution in [1.29, 1.82) is 0 Å². The molecule has 114 valence electrons. The monoisotopic (exact) mass is 293 g/mol. The molecule has 1 rings (SSSR count). The van der Waals surface area contributed by atoms with Crippen LogP contribution >= 0.6 is 0 Å². The first-order valence-corrected chi connectivity index (χ1v) is 6.42. The Bertz CT molecular complexity index is 543. The largest absolute Gasteiger partial charge is 0.452 e. The number of anilines is 1. The molecule has 0 heterocycles. The fourth-order valence-corrected chi connectivity index (χ4v) is 1.63. The molecule has 21 heavy (non-hydrogen) atoms. The standard InChI is InChI=1S/C14H19N3O4/c1-9-4-5-11(10(2)8-9)15-12(18)6-7-13(19)16-17-14(20)21-3/h4-5,8H,6-7H2,1-3H3,(H,15,18)(H,16,19)(H,17,20). The second-order valence-electron chi connectivity index (χ2n) is 4.53. The van der Waals surface area contributed by atoms with Gasteiger partial charge in [-0.1, -0.05) is 17.7 Å². The molecule has 0 atom stereocenters. The lowest BCUT2D eigenvalue weighted by Crippen LogP contribution is -2.41. The minimum Gasteiger partial charge on any atom is -0.452 e. The molecule has 7 nitrogen and oxygen atoms in total. The molecule has 0 aliphatic rings. The van der Waals surface area contributed by atoms with Crippen molar-refractivity contribution < 1.29 is 19.1 Å². The fourth-order valence-electron chi connectivity index (χ4n) is 1.63. The highest BCUT2D eigenvalue weighted by molar-refractivity contribution is 5.94. The maximum atomic E-state index is 11.7. The Kier molecular flexibility index (Phi) is 6.19. The highest BCUT2D eigenvalue weighted by atomic mass is 16.5. The molecule has 3 amide bonds. The van der Waals surface area contributed by atoms with Crippen molar-refractivity contribution in [3.8, 4) is 0 Å². The van der Waals surface area contributed by atoms with E-state index in [1.54, 1.807) is 0 Å². The fraction of sp³-hybridized carbons (Fsp3) is 0.357. The first kappa shape index (κ1) is 16.5. The molecule has 0 saturated heterocycles. The van der Waals surface area contributed by atoms with Crippen LogP contribution in [0, 0.1) is 13.8 Å². The zero-order chi connectivity index (χ0) is 15.8. The molecule has 7 heteroatoms. The van der Waals surface area contributed by atoms with Crippen molar-refractivity contribution in [3.05, 3.63) is 29.3 Å². The van der Waals surface area contributed by atoms with Crippen molar-refractivity contribution in [2.45, 2.75) is 26.7 Å². The van der Waals surface area contributed by atoms with Crippen LogP contribution in [0.2, 0.25) is 0 Å². The van der Waals surface area contributed by atoms with Gasteiger partial charge in [-0.15, -0.1) is 0 Å². The van der Waals surface area contributed by atoms with E-state index in [0.717, 1.165) is 16.8 Å². The molecular formula is C14H19N3O4. The lowest BCUT2D eigenvalue weighted by molar-refractivity contribution is -0.124. The van der Waals surface area contributed by atoms with Gasteiger partial charge >= 0.3 is 6.09 Å². The van der Waals surface area contributed by atoms with Gasteiger partial charge in [-0.05, 0) is 25.5 Å². The van der Waals surface area contributed by atoms with Crippen molar-refractivity contribution in [3.63, 3.8) is 0 Å². The molecule has 0 aliphatic heterocycles. The van der Waals surface area contributed by atoms with Crippen molar-refractivity contribution in [1.82, 2.24) is 10.9 Å². The van der Waals surface area contributed by atoms with Crippen LogP contribution in [0.4, 0.5) is 10.5 Å². The smallest absolute Gasteiger partial charge is 0.425 e. The third-order valence-corrected chi connectivity index (χ3v) is 2.72. The first-order valence-electron chi connectivity index (χ1n) is 6.42. The number of ether oxygens (including phenoxy) is 1. The number of carbonyl (C=O) groups is 3. The predicted molar refractivity (Wildman–Crippen MR) is 77.5 cm³/mol. The summed E-state index contributed by atoms with van der Waals surface area (Å²) in [5.74, 6) is -0.744. The van der Waals surface area contributed by atoms with Crippen LogP contribution in [0.3, 0.4) is 0 Å². The molecule has 1 aromatic rings. The molecule has 1 aromatic carbocycles. The summed E-state index contributed by atoms with van der Waals surface area (Å²) in [4.78, 5) is 33.8. The topological polar surface area (TPSA) is 96.5 Å². The molecule has 0 saturated carbocycles. The van der Waals surface area contributed by atoms with Gasteiger partial charge in [-0.3, -0.25) is 15.0 Å². The minimum atomic E-state index is -0.775. The molecule has 3 N–H and O–H groups in total. The van der Waals surface area contributed by atoms with E-state index in [-0.39, 0.29) is 18.7 Å². The number of hydrogen-bond acceptors (Lipinski definition) is 4. The summed E-state index contributed by atoms with van der Waals surface area (Å²) in [5, 5.41) is 2.74. The molecule has 0 bridgehead atoms. The molecule has 0 aliphatic carbocycles. The second kappa shape index (κ2) is 7.88. The molecule has 0 radical (unpaired) electrons. The van der Waals surface area contributed by atoms with Gasteiger partial charge in [-0.2, -0.15) is 0 Å². The van der Waals surface area contributed by atoms with Crippen LogP contribution in [0.25, 0.3) is 0 Å². The van der Waals surface area contributed by atoms with Crippen molar-refractivity contribution in [2.24, 2.45) is 0 Å². The van der Waals surface area contributed by atoms with Crippen LogP contribution in [0.1, 0.15) is 24.0 Å². The van der Waals surface area contributed by atoms with E-state index in [1.165, 1.54) is 7.11 Å². The van der Waals surface area contributed by atoms with Gasteiger partial charge in [0.25, 0.3) is 0 Å². The quantitative estimate of drug-likeness (QED) is 0.731. The Morgan fingerprint density at radius 1 is 1.05 bits per heavy atom. The van der Waals surface area contributed by atoms with Gasteiger partial charge in [0.15, 0.2) is 0 Å². The number of aryl methyl sites for hydroxylation is 2. The number of nitrogens with one attached hydrogen (secondary N) is 3. The van der Waals surface area contributed by atoms with E-state index in [1.807, 2.05) is 37.5 Å². The summed E-state index contributed by atoms with van der Waals surface area (Å²) in [6, 6.07) is 5.68. The number of hydrazine groups is 1. The normalized spacial score (nSPS) is 9.67. The number of benzene rings is 1. The van der Waals surface area contributed by atoms with Gasteiger partial charge in [-0.25, -0.2) is 10.2 Å². The zero-order valence-corrected chi connectivity index (χ0v) is 12.3. The van der Waals surface area contributed by atoms with Gasteiger partial charge < -0.3 is 10.1 Å². The summed E-state index contributed by atoms with van der Waals surface area (Å²) in [6.07, 6.45) is -0.800. The molecule has 0 fully saturated rings. The minimum absolute atomic E-state index is 0.0159. The molecular weight excluding hydrogens is 274 g/mol. The number of hydrogen-bond donors (Lipinski definition) is 3. The van der Waals surface area contributed by atoms with Gasteiger partial charge in [0.05, 0.1) is 7.11 Å². The third kappa shape index (κ3) is 5.94. The average molecular weight is 293 g/mol. The van der Waals surface area contributed by atoms with Crippen molar-refractivity contribution >= 4 is 23.6 Å². The Balaban J connectivity index is 2.37. The SMILES string of the molecule is COC(=O)NNC(=O)CCC(=O)Nc1ccc(C)cc1C. The lowest BCUT2D eigenvalue weighted by atomic mass is 10.1. The van der Waals surface area contributed by atoms with E-state index in [4.69, 9.17) is 0 Å². The van der Waals surface area contributed by atoms with Crippen LogP contribution in [0.5, 0.6) is 0 Å². The van der Waals surface area contributed by atoms with Crippen LogP contribution in [-0.2, 0) is 14.3 Å². The van der Waals surface area contributed by atoms with Gasteiger partial charge in [0.2, 0.25) is 11.8 Å². The van der Waals surface area contributed by atoms with E-state index in [0.29, 0.717) is 0 Å². The highest BCUT2D eigenvalue weighted by Gasteiger charge is 2.09. The van der Waals surface area contributed by atoms with E-state index in [9.17, 15) is 14.4 Å². The van der Waals surface area contributed by atoms with Gasteiger partial charge in [0.1, 0.15) is 0 Å². The maximum Gasteiger partial charge on any atom is 0.425 e. The average Bonchev–Trinajstić information content (AvgIpc) is 2.45. The Morgan fingerprint density at radius 2 is 1.71 bits per heavy atom. The summed E-state index contributed by atoms with van der Waals surface area (Å²) in [6.45, 7) is 3.87. The highest BCUT2D eigenvalue weighted by Crippen LogP contribution is 2.16. The summed E-state index contributed by atoms with van der Waals surface area (Å²) in [5.41, 5.74) is 6.95. The molecule has 0 unspecified atom stereocenters. The lowest BCUT2D eigenvalue weighted by Gasteiger charge is -2.09. The number of amides is 3. The van der Waals surface area contributed by atoms with Gasteiger partial charge in [0, 0.05) is 18.5 Å². The van der Waals surface area contributed by atoms with Crippen LogP contribution in [-0.4, -0.2) is 25.0 Å². The number of carbonyl (C=O) groups excluding carboxylic acids is 3. The van der Waals surface area contributed by atoms with Crippen LogP contribution < -0.4 is 16.2 Å². The second-order valence-corrected chi connectivity index (χ2v) is 4.53. The summed E-state index contributed by atoms with van der Waals surface area (Å²) in [7, 11) is 1.18. The summed E-state index contributed by atoms with van der Waals surface area (Å²) >= 11 is 0. The van der Waals surface area contributed by atoms with Crippen LogP contribution in [0.15, 0.2) is 18.2 Å². The zero-order valence-electron chi connectivity index (χ0n) is 12.3. The molecule has 0 aromatic heterocycles. The third-order valence-electron chi connectivity index (χ3n) is 2.72. The maximum absolute atomic E-state index is 11.7. The summed E-state index contributed by atoms with van der Waals surface area (Å²) < 4.78 is 4.28. The molecule has 0 spiro atoms. The Morgan fingerprint density at radius 3 is 2.33 bits per heavy atom. The predicted octanol–water partition coefficient (Wildman–Crippen LogP) is 1.41. The van der Waals surface area contributed by atoms with E-state index < -0.39 is 12.0 Å². The number of rotatable bonds is 4.